The van der Waals surface area contributed by atoms with Crippen molar-refractivity contribution >= 4 is 17.7 Å². The van der Waals surface area contributed by atoms with Gasteiger partial charge in [0.1, 0.15) is 6.04 Å². The van der Waals surface area contributed by atoms with E-state index in [0.29, 0.717) is 25.1 Å². The van der Waals surface area contributed by atoms with E-state index in [4.69, 9.17) is 5.73 Å². The fraction of sp³-hybridized carbons (Fsp3) is 0.571. The second kappa shape index (κ2) is 6.97. The zero-order chi connectivity index (χ0) is 20.1. The van der Waals surface area contributed by atoms with Crippen LogP contribution in [0.1, 0.15) is 61.0 Å². The largest absolute Gasteiger partial charge is 0.327 e. The summed E-state index contributed by atoms with van der Waals surface area (Å²) in [4.78, 5) is 40.9. The van der Waals surface area contributed by atoms with E-state index in [1.54, 1.807) is 4.90 Å². The molecular formula is C21H28N4O3. The second-order valence-electron chi connectivity index (χ2n) is 8.84. The molecule has 1 aromatic rings. The molecule has 0 radical (unpaired) electrons. The third-order valence-electron chi connectivity index (χ3n) is 6.44. The molecule has 2 unspecified atom stereocenters. The number of fused-ring (bicyclic) bond motifs is 1. The van der Waals surface area contributed by atoms with Gasteiger partial charge in [-0.2, -0.15) is 0 Å². The standard InChI is InChI=1S/C21H28N4O3/c1-21(2)9-8-15(22)12-24(21)10-13-4-3-5-14-11-25(20(28)18(13)14)16-6-7-17(26)23-19(16)27/h3-5,15-16H,6-12,22H2,1-2H3,(H,23,26,27). The van der Waals surface area contributed by atoms with E-state index in [9.17, 15) is 14.4 Å². The maximum atomic E-state index is 13.2. The highest BCUT2D eigenvalue weighted by Gasteiger charge is 2.41. The van der Waals surface area contributed by atoms with Gasteiger partial charge in [-0.05, 0) is 44.2 Å². The zero-order valence-corrected chi connectivity index (χ0v) is 16.5. The van der Waals surface area contributed by atoms with Crippen LogP contribution in [0, 0.1) is 0 Å². The van der Waals surface area contributed by atoms with E-state index >= 15 is 0 Å². The lowest BCUT2D eigenvalue weighted by atomic mass is 9.87. The molecule has 3 amide bonds. The first-order valence-electron chi connectivity index (χ1n) is 10.0. The summed E-state index contributed by atoms with van der Waals surface area (Å²) in [6, 6.07) is 5.51. The number of nitrogens with zero attached hydrogens (tertiary/aromatic N) is 2. The monoisotopic (exact) mass is 384 g/mol. The van der Waals surface area contributed by atoms with Crippen molar-refractivity contribution in [1.29, 1.82) is 0 Å². The molecule has 3 aliphatic rings. The molecule has 3 aliphatic heterocycles. The Kier molecular flexibility index (Phi) is 4.75. The average Bonchev–Trinajstić information content (AvgIpc) is 2.96. The molecule has 28 heavy (non-hydrogen) atoms. The molecule has 7 heteroatoms. The predicted octanol–water partition coefficient (Wildman–Crippen LogP) is 1.15. The minimum absolute atomic E-state index is 0.0313. The SMILES string of the molecule is CC1(C)CCC(N)CN1Cc1cccc2c1C(=O)N(C1CCC(=O)NC1=O)C2. The van der Waals surface area contributed by atoms with Gasteiger partial charge in [-0.15, -0.1) is 0 Å². The van der Waals surface area contributed by atoms with E-state index in [1.807, 2.05) is 18.2 Å². The van der Waals surface area contributed by atoms with Crippen LogP contribution in [0.3, 0.4) is 0 Å². The van der Waals surface area contributed by atoms with Crippen molar-refractivity contribution in [2.75, 3.05) is 6.54 Å². The summed E-state index contributed by atoms with van der Waals surface area (Å²) >= 11 is 0. The lowest BCUT2D eigenvalue weighted by Gasteiger charge is -2.45. The summed E-state index contributed by atoms with van der Waals surface area (Å²) in [5.41, 5.74) is 8.87. The number of rotatable bonds is 3. The third-order valence-corrected chi connectivity index (χ3v) is 6.44. The Hall–Kier alpha value is -2.25. The summed E-state index contributed by atoms with van der Waals surface area (Å²) in [6.07, 6.45) is 2.69. The number of hydrogen-bond donors (Lipinski definition) is 2. The molecule has 7 nitrogen and oxygen atoms in total. The highest BCUT2D eigenvalue weighted by atomic mass is 16.2. The fourth-order valence-corrected chi connectivity index (χ4v) is 4.62. The highest BCUT2D eigenvalue weighted by Crippen LogP contribution is 2.33. The molecule has 2 fully saturated rings. The van der Waals surface area contributed by atoms with Gasteiger partial charge < -0.3 is 10.6 Å². The summed E-state index contributed by atoms with van der Waals surface area (Å²) < 4.78 is 0. The average molecular weight is 384 g/mol. The molecule has 2 saturated heterocycles. The van der Waals surface area contributed by atoms with E-state index in [-0.39, 0.29) is 35.7 Å². The van der Waals surface area contributed by atoms with Crippen molar-refractivity contribution in [3.63, 3.8) is 0 Å². The van der Waals surface area contributed by atoms with Crippen molar-refractivity contribution in [1.82, 2.24) is 15.1 Å². The molecule has 0 spiro atoms. The molecule has 0 aromatic heterocycles. The summed E-state index contributed by atoms with van der Waals surface area (Å²) in [5, 5.41) is 2.36. The number of imide groups is 1. The van der Waals surface area contributed by atoms with Crippen LogP contribution in [-0.4, -0.2) is 51.7 Å². The third kappa shape index (κ3) is 3.33. The van der Waals surface area contributed by atoms with Crippen LogP contribution in [0.5, 0.6) is 0 Å². The van der Waals surface area contributed by atoms with E-state index in [2.05, 4.69) is 24.1 Å². The van der Waals surface area contributed by atoms with Crippen molar-refractivity contribution in [2.45, 2.75) is 70.2 Å². The zero-order valence-electron chi connectivity index (χ0n) is 16.5. The Morgan fingerprint density at radius 1 is 1.21 bits per heavy atom. The number of piperidine rings is 2. The van der Waals surface area contributed by atoms with Gasteiger partial charge in [0.2, 0.25) is 11.8 Å². The first-order valence-corrected chi connectivity index (χ1v) is 10.0. The molecule has 1 aromatic carbocycles. The van der Waals surface area contributed by atoms with Crippen LogP contribution in [0.2, 0.25) is 0 Å². The van der Waals surface area contributed by atoms with E-state index in [1.165, 1.54) is 0 Å². The topological polar surface area (TPSA) is 95.7 Å². The predicted molar refractivity (Wildman–Crippen MR) is 104 cm³/mol. The van der Waals surface area contributed by atoms with Gasteiger partial charge in [0.05, 0.1) is 0 Å². The van der Waals surface area contributed by atoms with Crippen LogP contribution >= 0.6 is 0 Å². The molecule has 0 bridgehead atoms. The first kappa shape index (κ1) is 19.1. The molecular weight excluding hydrogens is 356 g/mol. The summed E-state index contributed by atoms with van der Waals surface area (Å²) in [5.74, 6) is -0.754. The Morgan fingerprint density at radius 2 is 2.00 bits per heavy atom. The number of amides is 3. The second-order valence-corrected chi connectivity index (χ2v) is 8.84. The normalized spacial score (nSPS) is 27.7. The molecule has 150 valence electrons. The number of hydrogen-bond acceptors (Lipinski definition) is 5. The van der Waals surface area contributed by atoms with Crippen LogP contribution in [0.4, 0.5) is 0 Å². The number of carbonyl (C=O) groups is 3. The minimum atomic E-state index is -0.578. The number of nitrogens with two attached hydrogens (primary N) is 1. The first-order chi connectivity index (χ1) is 13.3. The van der Waals surface area contributed by atoms with Gasteiger partial charge in [0.15, 0.2) is 0 Å². The fourth-order valence-electron chi connectivity index (χ4n) is 4.62. The van der Waals surface area contributed by atoms with Crippen LogP contribution in [-0.2, 0) is 22.7 Å². The molecule has 3 heterocycles. The minimum Gasteiger partial charge on any atom is -0.327 e. The van der Waals surface area contributed by atoms with Crippen molar-refractivity contribution in [2.24, 2.45) is 5.73 Å². The Balaban J connectivity index is 1.58. The summed E-state index contributed by atoms with van der Waals surface area (Å²) in [7, 11) is 0. The molecule has 0 aliphatic carbocycles. The van der Waals surface area contributed by atoms with Gasteiger partial charge in [0, 0.05) is 43.2 Å². The summed E-state index contributed by atoms with van der Waals surface area (Å²) in [6.45, 7) is 6.33. The maximum absolute atomic E-state index is 13.2. The lowest BCUT2D eigenvalue weighted by Crippen LogP contribution is -2.54. The maximum Gasteiger partial charge on any atom is 0.255 e. The van der Waals surface area contributed by atoms with Crippen molar-refractivity contribution < 1.29 is 14.4 Å². The Labute approximate surface area is 165 Å². The van der Waals surface area contributed by atoms with Gasteiger partial charge in [-0.25, -0.2) is 0 Å². The van der Waals surface area contributed by atoms with Gasteiger partial charge in [-0.1, -0.05) is 18.2 Å². The van der Waals surface area contributed by atoms with Gasteiger partial charge in [0.25, 0.3) is 5.91 Å². The number of benzene rings is 1. The Bertz CT molecular complexity index is 835. The molecule has 4 rings (SSSR count). The number of carbonyl (C=O) groups excluding carboxylic acids is 3. The van der Waals surface area contributed by atoms with E-state index in [0.717, 1.165) is 30.5 Å². The van der Waals surface area contributed by atoms with Crippen molar-refractivity contribution in [3.8, 4) is 0 Å². The highest BCUT2D eigenvalue weighted by molar-refractivity contribution is 6.05. The Morgan fingerprint density at radius 3 is 2.75 bits per heavy atom. The van der Waals surface area contributed by atoms with Crippen LogP contribution in [0.15, 0.2) is 18.2 Å². The van der Waals surface area contributed by atoms with Gasteiger partial charge in [-0.3, -0.25) is 24.6 Å². The smallest absolute Gasteiger partial charge is 0.255 e. The quantitative estimate of drug-likeness (QED) is 0.762. The molecule has 0 saturated carbocycles. The van der Waals surface area contributed by atoms with Crippen LogP contribution in [0.25, 0.3) is 0 Å². The van der Waals surface area contributed by atoms with E-state index < -0.39 is 6.04 Å². The lowest BCUT2D eigenvalue weighted by molar-refractivity contribution is -0.136. The van der Waals surface area contributed by atoms with Crippen LogP contribution < -0.4 is 11.1 Å². The molecule has 3 N–H and O–H groups in total. The van der Waals surface area contributed by atoms with Crippen molar-refractivity contribution in [3.05, 3.63) is 34.9 Å². The van der Waals surface area contributed by atoms with Gasteiger partial charge >= 0.3 is 0 Å². The number of likely N-dealkylation sites (tertiary alicyclic amines) is 1. The molecule has 2 atom stereocenters. The number of nitrogens with one attached hydrogen (secondary N) is 1.